The summed E-state index contributed by atoms with van der Waals surface area (Å²) in [5, 5.41) is 12.8. The Labute approximate surface area is 109 Å². The van der Waals surface area contributed by atoms with Crippen molar-refractivity contribution in [3.63, 3.8) is 0 Å². The van der Waals surface area contributed by atoms with Gasteiger partial charge in [-0.15, -0.1) is 0 Å². The number of nitrogens with zero attached hydrogens (tertiary/aromatic N) is 2. The Kier molecular flexibility index (Phi) is 4.22. The van der Waals surface area contributed by atoms with Crippen LogP contribution in [0.15, 0.2) is 24.3 Å². The highest BCUT2D eigenvalue weighted by Gasteiger charge is 2.19. The molecule has 0 aromatic heterocycles. The summed E-state index contributed by atoms with van der Waals surface area (Å²) in [5.41, 5.74) is 2.23. The molecule has 18 heavy (non-hydrogen) atoms. The standard InChI is InChI=1S/C15H21N3/c1-18(2)14-9-7-12(8-10-14)15(11-16)17-13-5-3-4-6-13/h7-10,13,15,17H,3-6H2,1-2H3. The molecular weight excluding hydrogens is 222 g/mol. The van der Waals surface area contributed by atoms with Gasteiger partial charge in [-0.1, -0.05) is 25.0 Å². The molecule has 0 aliphatic heterocycles. The maximum Gasteiger partial charge on any atom is 0.121 e. The third kappa shape index (κ3) is 3.02. The molecule has 1 N–H and O–H groups in total. The quantitative estimate of drug-likeness (QED) is 0.883. The topological polar surface area (TPSA) is 39.1 Å². The highest BCUT2D eigenvalue weighted by atomic mass is 15.1. The van der Waals surface area contributed by atoms with Crippen molar-refractivity contribution in [2.24, 2.45) is 0 Å². The maximum atomic E-state index is 9.30. The lowest BCUT2D eigenvalue weighted by molar-refractivity contribution is 0.492. The normalized spacial score (nSPS) is 17.4. The van der Waals surface area contributed by atoms with Crippen LogP contribution in [-0.2, 0) is 0 Å². The van der Waals surface area contributed by atoms with Crippen LogP contribution in [0.3, 0.4) is 0 Å². The van der Waals surface area contributed by atoms with E-state index in [1.165, 1.54) is 25.7 Å². The Morgan fingerprint density at radius 3 is 2.33 bits per heavy atom. The molecule has 96 valence electrons. The average molecular weight is 243 g/mol. The predicted octanol–water partition coefficient (Wildman–Crippen LogP) is 2.85. The molecule has 2 rings (SSSR count). The van der Waals surface area contributed by atoms with Gasteiger partial charge >= 0.3 is 0 Å². The molecule has 3 heteroatoms. The fraction of sp³-hybridized carbons (Fsp3) is 0.533. The number of benzene rings is 1. The van der Waals surface area contributed by atoms with Gasteiger partial charge in [-0.05, 0) is 30.5 Å². The summed E-state index contributed by atoms with van der Waals surface area (Å²) in [6.45, 7) is 0. The first-order chi connectivity index (χ1) is 8.70. The van der Waals surface area contributed by atoms with Crippen LogP contribution in [0.4, 0.5) is 5.69 Å². The van der Waals surface area contributed by atoms with Crippen molar-refractivity contribution in [2.45, 2.75) is 37.8 Å². The number of nitrogens with one attached hydrogen (secondary N) is 1. The van der Waals surface area contributed by atoms with Gasteiger partial charge in [0.15, 0.2) is 0 Å². The van der Waals surface area contributed by atoms with Gasteiger partial charge in [-0.3, -0.25) is 5.32 Å². The molecule has 1 atom stereocenters. The van der Waals surface area contributed by atoms with Crippen molar-refractivity contribution in [2.75, 3.05) is 19.0 Å². The Balaban J connectivity index is 2.05. The third-order valence-corrected chi connectivity index (χ3v) is 3.63. The second-order valence-electron chi connectivity index (χ2n) is 5.20. The van der Waals surface area contributed by atoms with E-state index in [4.69, 9.17) is 0 Å². The molecule has 0 amide bonds. The highest BCUT2D eigenvalue weighted by molar-refractivity contribution is 5.47. The molecule has 1 aliphatic carbocycles. The second kappa shape index (κ2) is 5.88. The fourth-order valence-corrected chi connectivity index (χ4v) is 2.50. The summed E-state index contributed by atoms with van der Waals surface area (Å²) in [6, 6.07) is 10.9. The van der Waals surface area contributed by atoms with E-state index in [1.807, 2.05) is 26.2 Å². The van der Waals surface area contributed by atoms with Crippen LogP contribution in [-0.4, -0.2) is 20.1 Å². The summed E-state index contributed by atoms with van der Waals surface area (Å²) >= 11 is 0. The number of anilines is 1. The number of hydrogen-bond acceptors (Lipinski definition) is 3. The van der Waals surface area contributed by atoms with Crippen molar-refractivity contribution >= 4 is 5.69 Å². The van der Waals surface area contributed by atoms with Gasteiger partial charge in [-0.25, -0.2) is 0 Å². The zero-order valence-corrected chi connectivity index (χ0v) is 11.2. The predicted molar refractivity (Wildman–Crippen MR) is 74.5 cm³/mol. The summed E-state index contributed by atoms with van der Waals surface area (Å²) in [5.74, 6) is 0. The van der Waals surface area contributed by atoms with Crippen molar-refractivity contribution in [3.8, 4) is 6.07 Å². The Hall–Kier alpha value is -1.53. The van der Waals surface area contributed by atoms with E-state index in [0.717, 1.165) is 11.3 Å². The Morgan fingerprint density at radius 1 is 1.22 bits per heavy atom. The second-order valence-corrected chi connectivity index (χ2v) is 5.20. The van der Waals surface area contributed by atoms with E-state index in [0.29, 0.717) is 6.04 Å². The first-order valence-electron chi connectivity index (χ1n) is 6.63. The summed E-state index contributed by atoms with van der Waals surface area (Å²) < 4.78 is 0. The van der Waals surface area contributed by atoms with Crippen LogP contribution in [0.2, 0.25) is 0 Å². The van der Waals surface area contributed by atoms with Crippen molar-refractivity contribution in [1.82, 2.24) is 5.32 Å². The van der Waals surface area contributed by atoms with Gasteiger partial charge in [0.1, 0.15) is 6.04 Å². The van der Waals surface area contributed by atoms with Crippen LogP contribution in [0, 0.1) is 11.3 Å². The number of nitriles is 1. The molecule has 0 bridgehead atoms. The molecule has 1 aromatic carbocycles. The van der Waals surface area contributed by atoms with Crippen LogP contribution < -0.4 is 10.2 Å². The average Bonchev–Trinajstić information content (AvgIpc) is 2.89. The van der Waals surface area contributed by atoms with Crippen LogP contribution >= 0.6 is 0 Å². The fourth-order valence-electron chi connectivity index (χ4n) is 2.50. The molecule has 0 radical (unpaired) electrons. The zero-order chi connectivity index (χ0) is 13.0. The first-order valence-corrected chi connectivity index (χ1v) is 6.63. The lowest BCUT2D eigenvalue weighted by Crippen LogP contribution is -2.29. The van der Waals surface area contributed by atoms with Crippen molar-refractivity contribution in [3.05, 3.63) is 29.8 Å². The minimum atomic E-state index is -0.177. The van der Waals surface area contributed by atoms with E-state index in [2.05, 4.69) is 28.4 Å². The van der Waals surface area contributed by atoms with Gasteiger partial charge in [0.25, 0.3) is 0 Å². The minimum absolute atomic E-state index is 0.177. The molecule has 0 saturated heterocycles. The van der Waals surface area contributed by atoms with E-state index in [-0.39, 0.29) is 6.04 Å². The molecule has 1 unspecified atom stereocenters. The van der Waals surface area contributed by atoms with Crippen LogP contribution in [0.5, 0.6) is 0 Å². The van der Waals surface area contributed by atoms with Crippen molar-refractivity contribution in [1.29, 1.82) is 5.26 Å². The van der Waals surface area contributed by atoms with Gasteiger partial charge in [0.2, 0.25) is 0 Å². The monoisotopic (exact) mass is 243 g/mol. The Bertz CT molecular complexity index is 410. The van der Waals surface area contributed by atoms with Gasteiger partial charge in [0, 0.05) is 25.8 Å². The van der Waals surface area contributed by atoms with E-state index in [9.17, 15) is 5.26 Å². The molecule has 1 fully saturated rings. The van der Waals surface area contributed by atoms with Gasteiger partial charge in [0.05, 0.1) is 6.07 Å². The minimum Gasteiger partial charge on any atom is -0.378 e. The van der Waals surface area contributed by atoms with Gasteiger partial charge < -0.3 is 4.90 Å². The summed E-state index contributed by atoms with van der Waals surface area (Å²) in [4.78, 5) is 2.07. The smallest absolute Gasteiger partial charge is 0.121 e. The zero-order valence-electron chi connectivity index (χ0n) is 11.2. The van der Waals surface area contributed by atoms with Crippen molar-refractivity contribution < 1.29 is 0 Å². The van der Waals surface area contributed by atoms with E-state index < -0.39 is 0 Å². The SMILES string of the molecule is CN(C)c1ccc(C(C#N)NC2CCCC2)cc1. The largest absolute Gasteiger partial charge is 0.378 e. The van der Waals surface area contributed by atoms with E-state index in [1.54, 1.807) is 0 Å². The number of hydrogen-bond donors (Lipinski definition) is 1. The molecular formula is C15H21N3. The van der Waals surface area contributed by atoms with E-state index >= 15 is 0 Å². The first kappa shape index (κ1) is 12.9. The lowest BCUT2D eigenvalue weighted by atomic mass is 10.1. The summed E-state index contributed by atoms with van der Waals surface area (Å²) in [7, 11) is 4.04. The molecule has 0 spiro atoms. The number of rotatable bonds is 4. The molecule has 0 heterocycles. The van der Waals surface area contributed by atoms with Gasteiger partial charge in [-0.2, -0.15) is 5.26 Å². The maximum absolute atomic E-state index is 9.30. The molecule has 1 aromatic rings. The molecule has 1 aliphatic rings. The Morgan fingerprint density at radius 2 is 1.83 bits per heavy atom. The van der Waals surface area contributed by atoms with Crippen LogP contribution in [0.1, 0.15) is 37.3 Å². The molecule has 1 saturated carbocycles. The lowest BCUT2D eigenvalue weighted by Gasteiger charge is -2.18. The summed E-state index contributed by atoms with van der Waals surface area (Å²) in [6.07, 6.45) is 4.98. The third-order valence-electron chi connectivity index (χ3n) is 3.63. The highest BCUT2D eigenvalue weighted by Crippen LogP contribution is 2.23. The van der Waals surface area contributed by atoms with Crippen LogP contribution in [0.25, 0.3) is 0 Å². The molecule has 3 nitrogen and oxygen atoms in total.